The second-order valence-electron chi connectivity index (χ2n) is 9.37. The molecule has 0 fully saturated rings. The number of ether oxygens (including phenoxy) is 1. The molecule has 8 aromatic rings. The smallest absolute Gasteiger partial charge is 0.328 e. The standard InChI is InChI=1S/C33H21N5O/c1-2-12-22(13-3-1)39-33-35-31(37-27-18-8-4-14-23(27)24-15-5-9-19-28(24)37)34-32(36-33)38-29-20-10-6-16-25(29)26-17-7-11-21-30(26)38/h1-21H. The van der Waals surface area contributed by atoms with Gasteiger partial charge in [0.2, 0.25) is 11.9 Å². The van der Waals surface area contributed by atoms with E-state index in [4.69, 9.17) is 19.7 Å². The summed E-state index contributed by atoms with van der Waals surface area (Å²) in [7, 11) is 0. The Morgan fingerprint density at radius 1 is 0.385 bits per heavy atom. The number of hydrogen-bond acceptors (Lipinski definition) is 4. The molecule has 0 aliphatic carbocycles. The number of rotatable bonds is 4. The summed E-state index contributed by atoms with van der Waals surface area (Å²) in [4.78, 5) is 14.8. The van der Waals surface area contributed by atoms with Crippen LogP contribution in [0.3, 0.4) is 0 Å². The molecule has 5 aromatic carbocycles. The van der Waals surface area contributed by atoms with Crippen LogP contribution >= 0.6 is 0 Å². The highest BCUT2D eigenvalue weighted by molar-refractivity contribution is 6.10. The molecule has 0 bridgehead atoms. The van der Waals surface area contributed by atoms with Gasteiger partial charge < -0.3 is 4.74 Å². The first-order valence-corrected chi connectivity index (χ1v) is 12.8. The lowest BCUT2D eigenvalue weighted by atomic mass is 10.2. The minimum atomic E-state index is 0.227. The molecule has 0 aliphatic heterocycles. The molecule has 184 valence electrons. The van der Waals surface area contributed by atoms with Gasteiger partial charge in [-0.1, -0.05) is 91.0 Å². The van der Waals surface area contributed by atoms with E-state index in [1.807, 2.05) is 54.6 Å². The molecule has 0 saturated carbocycles. The molecule has 3 aromatic heterocycles. The fourth-order valence-electron chi connectivity index (χ4n) is 5.45. The Kier molecular flexibility index (Phi) is 4.72. The van der Waals surface area contributed by atoms with E-state index in [0.29, 0.717) is 17.6 Å². The van der Waals surface area contributed by atoms with E-state index in [2.05, 4.69) is 81.9 Å². The van der Waals surface area contributed by atoms with E-state index < -0.39 is 0 Å². The summed E-state index contributed by atoms with van der Waals surface area (Å²) in [5.74, 6) is 1.64. The molecule has 6 heteroatoms. The average molecular weight is 504 g/mol. The van der Waals surface area contributed by atoms with Crippen LogP contribution < -0.4 is 4.74 Å². The number of para-hydroxylation sites is 5. The summed E-state index contributed by atoms with van der Waals surface area (Å²) in [6.07, 6.45) is 0. The van der Waals surface area contributed by atoms with Crippen molar-refractivity contribution in [1.82, 2.24) is 24.1 Å². The van der Waals surface area contributed by atoms with Crippen molar-refractivity contribution in [3.05, 3.63) is 127 Å². The van der Waals surface area contributed by atoms with Crippen molar-refractivity contribution in [1.29, 1.82) is 0 Å². The van der Waals surface area contributed by atoms with E-state index in [0.717, 1.165) is 43.6 Å². The molecule has 0 atom stereocenters. The fourth-order valence-corrected chi connectivity index (χ4v) is 5.45. The summed E-state index contributed by atoms with van der Waals surface area (Å²) >= 11 is 0. The van der Waals surface area contributed by atoms with Gasteiger partial charge in [0, 0.05) is 21.5 Å². The summed E-state index contributed by atoms with van der Waals surface area (Å²) in [6, 6.07) is 43.1. The number of hydrogen-bond donors (Lipinski definition) is 0. The molecule has 0 N–H and O–H groups in total. The van der Waals surface area contributed by atoms with Crippen molar-refractivity contribution in [2.75, 3.05) is 0 Å². The normalized spacial score (nSPS) is 11.6. The predicted molar refractivity (Wildman–Crippen MR) is 155 cm³/mol. The zero-order chi connectivity index (χ0) is 25.8. The molecular formula is C33H21N5O. The van der Waals surface area contributed by atoms with Gasteiger partial charge in [-0.2, -0.15) is 15.0 Å². The molecule has 0 aliphatic rings. The number of nitrogens with zero attached hydrogens (tertiary/aromatic N) is 5. The van der Waals surface area contributed by atoms with Gasteiger partial charge in [0.1, 0.15) is 5.75 Å². The highest BCUT2D eigenvalue weighted by Crippen LogP contribution is 2.34. The first kappa shape index (κ1) is 21.6. The van der Waals surface area contributed by atoms with E-state index in [1.54, 1.807) is 0 Å². The summed E-state index contributed by atoms with van der Waals surface area (Å²) in [5, 5.41) is 4.55. The Hall–Kier alpha value is -5.49. The first-order valence-electron chi connectivity index (χ1n) is 12.8. The molecule has 0 amide bonds. The van der Waals surface area contributed by atoms with E-state index in [1.165, 1.54) is 0 Å². The highest BCUT2D eigenvalue weighted by Gasteiger charge is 2.20. The average Bonchev–Trinajstić information content (AvgIpc) is 3.51. The van der Waals surface area contributed by atoms with Gasteiger partial charge in [-0.25, -0.2) is 0 Å². The largest absolute Gasteiger partial charge is 0.424 e. The monoisotopic (exact) mass is 503 g/mol. The maximum absolute atomic E-state index is 6.22. The topological polar surface area (TPSA) is 57.8 Å². The fraction of sp³-hybridized carbons (Fsp3) is 0. The second-order valence-corrected chi connectivity index (χ2v) is 9.37. The summed E-state index contributed by atoms with van der Waals surface area (Å²) in [6.45, 7) is 0. The van der Waals surface area contributed by atoms with Crippen LogP contribution in [0.1, 0.15) is 0 Å². The van der Waals surface area contributed by atoms with Crippen molar-refractivity contribution >= 4 is 43.6 Å². The van der Waals surface area contributed by atoms with Gasteiger partial charge in [0.15, 0.2) is 0 Å². The maximum atomic E-state index is 6.22. The van der Waals surface area contributed by atoms with Crippen molar-refractivity contribution in [2.45, 2.75) is 0 Å². The lowest BCUT2D eigenvalue weighted by molar-refractivity contribution is 0.437. The molecule has 39 heavy (non-hydrogen) atoms. The Morgan fingerprint density at radius 3 is 1.15 bits per heavy atom. The molecule has 0 saturated heterocycles. The second kappa shape index (κ2) is 8.53. The SMILES string of the molecule is c1ccc(Oc2nc(-n3c4ccccc4c4ccccc43)nc(-n3c4ccccc4c4ccccc43)n2)cc1. The number of aromatic nitrogens is 5. The molecule has 0 unspecified atom stereocenters. The molecule has 0 radical (unpaired) electrons. The Labute approximate surface area is 223 Å². The lowest BCUT2D eigenvalue weighted by Crippen LogP contribution is -2.10. The minimum absolute atomic E-state index is 0.227. The Balaban J connectivity index is 1.46. The van der Waals surface area contributed by atoms with E-state index >= 15 is 0 Å². The van der Waals surface area contributed by atoms with Crippen LogP contribution in [0, 0.1) is 0 Å². The van der Waals surface area contributed by atoms with Crippen LogP contribution in [0.4, 0.5) is 0 Å². The number of benzene rings is 5. The van der Waals surface area contributed by atoms with Crippen LogP contribution in [-0.4, -0.2) is 24.1 Å². The van der Waals surface area contributed by atoms with Gasteiger partial charge in [0.05, 0.1) is 22.1 Å². The van der Waals surface area contributed by atoms with Crippen LogP contribution in [0.15, 0.2) is 127 Å². The zero-order valence-electron chi connectivity index (χ0n) is 20.8. The van der Waals surface area contributed by atoms with Crippen molar-refractivity contribution in [3.8, 4) is 23.7 Å². The zero-order valence-corrected chi connectivity index (χ0v) is 20.8. The molecular weight excluding hydrogens is 482 g/mol. The lowest BCUT2D eigenvalue weighted by Gasteiger charge is -2.12. The maximum Gasteiger partial charge on any atom is 0.328 e. The minimum Gasteiger partial charge on any atom is -0.424 e. The third-order valence-electron chi connectivity index (χ3n) is 7.10. The van der Waals surface area contributed by atoms with E-state index in [-0.39, 0.29) is 6.01 Å². The van der Waals surface area contributed by atoms with Crippen LogP contribution in [0.25, 0.3) is 55.5 Å². The summed E-state index contributed by atoms with van der Waals surface area (Å²) in [5.41, 5.74) is 4.07. The van der Waals surface area contributed by atoms with Crippen LogP contribution in [-0.2, 0) is 0 Å². The summed E-state index contributed by atoms with van der Waals surface area (Å²) < 4.78 is 10.4. The molecule has 0 spiro atoms. The third kappa shape index (κ3) is 3.39. The van der Waals surface area contributed by atoms with E-state index in [9.17, 15) is 0 Å². The first-order chi connectivity index (χ1) is 19.3. The van der Waals surface area contributed by atoms with Crippen LogP contribution in [0.2, 0.25) is 0 Å². The molecule has 8 rings (SSSR count). The molecule has 3 heterocycles. The molecule has 6 nitrogen and oxygen atoms in total. The van der Waals surface area contributed by atoms with Crippen molar-refractivity contribution in [2.24, 2.45) is 0 Å². The van der Waals surface area contributed by atoms with Gasteiger partial charge >= 0.3 is 6.01 Å². The quantitative estimate of drug-likeness (QED) is 0.245. The van der Waals surface area contributed by atoms with Crippen molar-refractivity contribution in [3.63, 3.8) is 0 Å². The Morgan fingerprint density at radius 2 is 0.744 bits per heavy atom. The Bertz CT molecular complexity index is 1920. The van der Waals surface area contributed by atoms with Crippen molar-refractivity contribution < 1.29 is 4.74 Å². The highest BCUT2D eigenvalue weighted by atomic mass is 16.5. The predicted octanol–water partition coefficient (Wildman–Crippen LogP) is 7.86. The van der Waals surface area contributed by atoms with Gasteiger partial charge in [-0.15, -0.1) is 0 Å². The van der Waals surface area contributed by atoms with Gasteiger partial charge in [-0.05, 0) is 36.4 Å². The number of fused-ring (bicyclic) bond motifs is 6. The van der Waals surface area contributed by atoms with Gasteiger partial charge in [0.25, 0.3) is 0 Å². The van der Waals surface area contributed by atoms with Gasteiger partial charge in [-0.3, -0.25) is 9.13 Å². The van der Waals surface area contributed by atoms with Crippen LogP contribution in [0.5, 0.6) is 11.8 Å². The third-order valence-corrected chi connectivity index (χ3v) is 7.10.